The summed E-state index contributed by atoms with van der Waals surface area (Å²) in [6.45, 7) is 5.01. The quantitative estimate of drug-likeness (QED) is 0.185. The molecule has 36 heavy (non-hydrogen) atoms. The van der Waals surface area contributed by atoms with Crippen LogP contribution in [-0.2, 0) is 4.74 Å². The topological polar surface area (TPSA) is 18.5 Å². The molecule has 2 heterocycles. The number of benzene rings is 3. The first-order valence-corrected chi connectivity index (χ1v) is 13.8. The smallest absolute Gasteiger partial charge is 0.146 e. The zero-order valence-electron chi connectivity index (χ0n) is 20.4. The van der Waals surface area contributed by atoms with Crippen molar-refractivity contribution in [3.8, 4) is 26.6 Å². The van der Waals surface area contributed by atoms with Crippen LogP contribution < -0.4 is 4.74 Å². The van der Waals surface area contributed by atoms with Gasteiger partial charge in [-0.15, -0.1) is 22.7 Å². The molecule has 0 fully saturated rings. The number of hydrogen-bond donors (Lipinski definition) is 0. The van der Waals surface area contributed by atoms with E-state index in [4.69, 9.17) is 9.47 Å². The summed E-state index contributed by atoms with van der Waals surface area (Å²) in [6.07, 6.45) is 0. The molecule has 0 radical (unpaired) electrons. The molecule has 0 unspecified atom stereocenters. The van der Waals surface area contributed by atoms with Gasteiger partial charge in [0.2, 0.25) is 0 Å². The molecule has 0 aliphatic heterocycles. The minimum absolute atomic E-state index is 0.353. The Balaban J connectivity index is 1.55. The van der Waals surface area contributed by atoms with E-state index in [1.165, 1.54) is 26.4 Å². The molecule has 180 valence electrons. The minimum atomic E-state index is 0.353. The van der Waals surface area contributed by atoms with Gasteiger partial charge in [-0.05, 0) is 76.7 Å². The van der Waals surface area contributed by atoms with Crippen LogP contribution in [0.4, 0.5) is 0 Å². The van der Waals surface area contributed by atoms with Gasteiger partial charge >= 0.3 is 0 Å². The van der Waals surface area contributed by atoms with Crippen LogP contribution in [0.25, 0.3) is 26.5 Å². The van der Waals surface area contributed by atoms with E-state index in [1.54, 1.807) is 22.7 Å². The second-order valence-corrected chi connectivity index (χ2v) is 10.3. The summed E-state index contributed by atoms with van der Waals surface area (Å²) < 4.78 is 12.4. The maximum atomic E-state index is 6.23. The summed E-state index contributed by atoms with van der Waals surface area (Å²) >= 11 is 3.50. The summed E-state index contributed by atoms with van der Waals surface area (Å²) in [6, 6.07) is 34.1. The molecule has 0 atom stereocenters. The number of aryl methyl sites for hydroxylation is 1. The van der Waals surface area contributed by atoms with Crippen molar-refractivity contribution in [2.75, 3.05) is 13.2 Å². The second-order valence-electron chi connectivity index (χ2n) is 8.45. The van der Waals surface area contributed by atoms with Gasteiger partial charge in [0.05, 0.1) is 6.61 Å². The van der Waals surface area contributed by atoms with E-state index in [0.717, 1.165) is 28.2 Å². The van der Waals surface area contributed by atoms with Crippen molar-refractivity contribution in [1.82, 2.24) is 0 Å². The van der Waals surface area contributed by atoms with Crippen molar-refractivity contribution in [3.63, 3.8) is 0 Å². The fourth-order valence-electron chi connectivity index (χ4n) is 4.19. The van der Waals surface area contributed by atoms with E-state index in [1.807, 2.05) is 19.1 Å². The highest BCUT2D eigenvalue weighted by Crippen LogP contribution is 2.33. The summed E-state index contributed by atoms with van der Waals surface area (Å²) in [5.74, 6) is 1.67. The molecule has 0 saturated carbocycles. The molecule has 5 rings (SSSR count). The van der Waals surface area contributed by atoms with Gasteiger partial charge in [0.25, 0.3) is 0 Å². The SMILES string of the molecule is CCOC(COc1cccc(C)c1)=C(c1ccc(-c2cccs2)cc1)c1ccc(-c2cccs2)cc1. The van der Waals surface area contributed by atoms with Crippen LogP contribution in [0.3, 0.4) is 0 Å². The Bertz CT molecular complexity index is 1330. The van der Waals surface area contributed by atoms with Crippen LogP contribution in [-0.4, -0.2) is 13.2 Å². The van der Waals surface area contributed by atoms with Crippen molar-refractivity contribution < 1.29 is 9.47 Å². The molecule has 5 aromatic rings. The Morgan fingerprint density at radius 1 is 0.694 bits per heavy atom. The molecular weight excluding hydrogens is 480 g/mol. The van der Waals surface area contributed by atoms with Crippen molar-refractivity contribution in [2.24, 2.45) is 0 Å². The van der Waals surface area contributed by atoms with Gasteiger partial charge in [-0.25, -0.2) is 0 Å². The molecule has 0 N–H and O–H groups in total. The monoisotopic (exact) mass is 508 g/mol. The van der Waals surface area contributed by atoms with Crippen molar-refractivity contribution in [3.05, 3.63) is 130 Å². The lowest BCUT2D eigenvalue weighted by atomic mass is 9.94. The first kappa shape index (κ1) is 24.1. The normalized spacial score (nSPS) is 10.7. The lowest BCUT2D eigenvalue weighted by Gasteiger charge is -2.18. The van der Waals surface area contributed by atoms with Crippen LogP contribution in [0, 0.1) is 6.92 Å². The van der Waals surface area contributed by atoms with Crippen molar-refractivity contribution >= 4 is 28.2 Å². The first-order chi connectivity index (χ1) is 17.7. The molecular formula is C32H28O2S2. The largest absolute Gasteiger partial charge is 0.494 e. The molecule has 0 bridgehead atoms. The summed E-state index contributed by atoms with van der Waals surface area (Å²) in [5, 5.41) is 4.22. The van der Waals surface area contributed by atoms with Gasteiger partial charge < -0.3 is 9.47 Å². The van der Waals surface area contributed by atoms with Gasteiger partial charge in [-0.3, -0.25) is 0 Å². The summed E-state index contributed by atoms with van der Waals surface area (Å²) in [7, 11) is 0. The van der Waals surface area contributed by atoms with Crippen LogP contribution in [0.2, 0.25) is 0 Å². The molecule has 2 nitrogen and oxygen atoms in total. The molecule has 0 amide bonds. The lowest BCUT2D eigenvalue weighted by Crippen LogP contribution is -2.09. The number of hydrogen-bond acceptors (Lipinski definition) is 4. The third-order valence-corrected chi connectivity index (χ3v) is 7.75. The van der Waals surface area contributed by atoms with Gasteiger partial charge in [-0.1, -0.05) is 72.8 Å². The Labute approximate surface area is 221 Å². The fourth-order valence-corrected chi connectivity index (χ4v) is 5.66. The maximum absolute atomic E-state index is 6.23. The predicted molar refractivity (Wildman–Crippen MR) is 154 cm³/mol. The number of ether oxygens (including phenoxy) is 2. The Morgan fingerprint density at radius 3 is 1.75 bits per heavy atom. The Hall–Kier alpha value is -3.60. The third kappa shape index (κ3) is 5.62. The highest BCUT2D eigenvalue weighted by Gasteiger charge is 2.16. The summed E-state index contributed by atoms with van der Waals surface area (Å²) in [5.41, 5.74) is 6.87. The lowest BCUT2D eigenvalue weighted by molar-refractivity contribution is 0.182. The molecule has 0 aliphatic carbocycles. The zero-order chi connectivity index (χ0) is 24.7. The standard InChI is InChI=1S/C32H28O2S2/c1-3-33-29(22-34-28-8-4-7-23(2)21-28)32(26-15-11-24(12-16-26)30-9-5-19-35-30)27-17-13-25(14-18-27)31-10-6-20-36-31/h4-21H,3,22H2,1-2H3. The molecule has 0 saturated heterocycles. The zero-order valence-corrected chi connectivity index (χ0v) is 22.1. The summed E-state index contributed by atoms with van der Waals surface area (Å²) in [4.78, 5) is 2.53. The Morgan fingerprint density at radius 2 is 1.28 bits per heavy atom. The second kappa shape index (κ2) is 11.4. The molecule has 3 aromatic carbocycles. The average molecular weight is 509 g/mol. The van der Waals surface area contributed by atoms with E-state index in [-0.39, 0.29) is 0 Å². The molecule has 0 aliphatic rings. The van der Waals surface area contributed by atoms with Crippen LogP contribution >= 0.6 is 22.7 Å². The van der Waals surface area contributed by atoms with Crippen LogP contribution in [0.5, 0.6) is 5.75 Å². The van der Waals surface area contributed by atoms with E-state index in [2.05, 4.69) is 103 Å². The van der Waals surface area contributed by atoms with Crippen LogP contribution in [0.15, 0.2) is 114 Å². The van der Waals surface area contributed by atoms with Gasteiger partial charge in [0.15, 0.2) is 0 Å². The van der Waals surface area contributed by atoms with E-state index in [0.29, 0.717) is 13.2 Å². The Kier molecular flexibility index (Phi) is 7.65. The number of rotatable bonds is 9. The maximum Gasteiger partial charge on any atom is 0.146 e. The van der Waals surface area contributed by atoms with E-state index in [9.17, 15) is 0 Å². The van der Waals surface area contributed by atoms with Crippen LogP contribution in [0.1, 0.15) is 23.6 Å². The van der Waals surface area contributed by atoms with Crippen molar-refractivity contribution in [1.29, 1.82) is 0 Å². The van der Waals surface area contributed by atoms with E-state index >= 15 is 0 Å². The molecule has 0 spiro atoms. The third-order valence-electron chi connectivity index (χ3n) is 5.92. The highest BCUT2D eigenvalue weighted by atomic mass is 32.1. The van der Waals surface area contributed by atoms with E-state index < -0.39 is 0 Å². The fraction of sp³-hybridized carbons (Fsp3) is 0.125. The molecule has 2 aromatic heterocycles. The van der Waals surface area contributed by atoms with Gasteiger partial charge in [0.1, 0.15) is 18.1 Å². The van der Waals surface area contributed by atoms with Crippen molar-refractivity contribution in [2.45, 2.75) is 13.8 Å². The van der Waals surface area contributed by atoms with Gasteiger partial charge in [-0.2, -0.15) is 0 Å². The highest BCUT2D eigenvalue weighted by molar-refractivity contribution is 7.13. The minimum Gasteiger partial charge on any atom is -0.494 e. The predicted octanol–water partition coefficient (Wildman–Crippen LogP) is 9.33. The van der Waals surface area contributed by atoms with Gasteiger partial charge in [0, 0.05) is 15.3 Å². The molecule has 4 heteroatoms. The number of thiophene rings is 2. The average Bonchev–Trinajstić information content (AvgIpc) is 3.64. The first-order valence-electron chi connectivity index (χ1n) is 12.1.